The zero-order chi connectivity index (χ0) is 18.8. The molecule has 0 saturated carbocycles. The van der Waals surface area contributed by atoms with Gasteiger partial charge in [0.25, 0.3) is 0 Å². The minimum absolute atomic E-state index is 0.0313. The van der Waals surface area contributed by atoms with Crippen molar-refractivity contribution < 1.29 is 0 Å². The number of hydrogen-bond donors (Lipinski definition) is 0. The SMILES string of the molecule is CCCCCCCCCCCCCCCCCCN(C(C)Cl)C(C)Cl. The Labute approximate surface area is 169 Å². The van der Waals surface area contributed by atoms with Crippen molar-refractivity contribution in [2.45, 2.75) is 135 Å². The van der Waals surface area contributed by atoms with Gasteiger partial charge < -0.3 is 0 Å². The Bertz CT molecular complexity index is 248. The molecule has 0 fully saturated rings. The zero-order valence-corrected chi connectivity index (χ0v) is 18.9. The monoisotopic (exact) mass is 393 g/mol. The van der Waals surface area contributed by atoms with Crippen LogP contribution in [-0.4, -0.2) is 22.4 Å². The second kappa shape index (κ2) is 19.3. The van der Waals surface area contributed by atoms with Gasteiger partial charge in [0, 0.05) is 6.54 Å². The average Bonchev–Trinajstić information content (AvgIpc) is 2.57. The largest absolute Gasteiger partial charge is 0.272 e. The van der Waals surface area contributed by atoms with Gasteiger partial charge in [-0.05, 0) is 20.3 Å². The molecule has 0 saturated heterocycles. The van der Waals surface area contributed by atoms with E-state index < -0.39 is 0 Å². The van der Waals surface area contributed by atoms with Gasteiger partial charge in [-0.25, -0.2) is 0 Å². The maximum atomic E-state index is 6.15. The standard InChI is InChI=1S/C22H45Cl2N/c1-4-5-6-7-8-9-10-11-12-13-14-15-16-17-18-19-20-25(21(2)23)22(3)24/h21-22H,4-20H2,1-3H3. The highest BCUT2D eigenvalue weighted by Crippen LogP contribution is 2.16. The second-order valence-corrected chi connectivity index (χ2v) is 8.95. The van der Waals surface area contributed by atoms with Crippen molar-refractivity contribution in [3.63, 3.8) is 0 Å². The number of rotatable bonds is 19. The molecule has 25 heavy (non-hydrogen) atoms. The molecule has 0 aliphatic carbocycles. The molecule has 0 amide bonds. The quantitative estimate of drug-likeness (QED) is 0.120. The maximum Gasteiger partial charge on any atom is 0.0833 e. The van der Waals surface area contributed by atoms with Gasteiger partial charge in [-0.15, -0.1) is 23.2 Å². The molecule has 0 aliphatic rings. The molecule has 2 atom stereocenters. The number of unbranched alkanes of at least 4 members (excludes halogenated alkanes) is 15. The first kappa shape index (κ1) is 25.5. The van der Waals surface area contributed by atoms with Crippen LogP contribution in [0.4, 0.5) is 0 Å². The predicted molar refractivity (Wildman–Crippen MR) is 117 cm³/mol. The summed E-state index contributed by atoms with van der Waals surface area (Å²) in [5.41, 5.74) is 0.0627. The molecule has 1 nitrogen and oxygen atoms in total. The van der Waals surface area contributed by atoms with E-state index in [0.717, 1.165) is 6.54 Å². The van der Waals surface area contributed by atoms with Crippen LogP contribution in [-0.2, 0) is 0 Å². The zero-order valence-electron chi connectivity index (χ0n) is 17.4. The minimum Gasteiger partial charge on any atom is -0.272 e. The first-order valence-electron chi connectivity index (χ1n) is 11.1. The van der Waals surface area contributed by atoms with Crippen molar-refractivity contribution in [3.8, 4) is 0 Å². The molecule has 3 heteroatoms. The number of halogens is 2. The van der Waals surface area contributed by atoms with Crippen LogP contribution in [0, 0.1) is 0 Å². The summed E-state index contributed by atoms with van der Waals surface area (Å²) in [7, 11) is 0. The molecule has 0 spiro atoms. The van der Waals surface area contributed by atoms with Crippen molar-refractivity contribution in [1.82, 2.24) is 4.90 Å². The van der Waals surface area contributed by atoms with E-state index in [1.807, 2.05) is 13.8 Å². The Morgan fingerprint density at radius 1 is 0.520 bits per heavy atom. The third kappa shape index (κ3) is 17.7. The van der Waals surface area contributed by atoms with E-state index in [9.17, 15) is 0 Å². The van der Waals surface area contributed by atoms with Crippen LogP contribution in [0.5, 0.6) is 0 Å². The molecular weight excluding hydrogens is 349 g/mol. The molecular formula is C22H45Cl2N. The lowest BCUT2D eigenvalue weighted by atomic mass is 10.0. The van der Waals surface area contributed by atoms with Gasteiger partial charge in [-0.1, -0.05) is 103 Å². The average molecular weight is 395 g/mol. The molecule has 0 aromatic rings. The molecule has 0 aliphatic heterocycles. The summed E-state index contributed by atoms with van der Waals surface area (Å²) in [6.45, 7) is 7.32. The van der Waals surface area contributed by atoms with E-state index in [2.05, 4.69) is 11.8 Å². The van der Waals surface area contributed by atoms with Gasteiger partial charge in [0.2, 0.25) is 0 Å². The third-order valence-corrected chi connectivity index (χ3v) is 5.69. The van der Waals surface area contributed by atoms with Gasteiger partial charge in [-0.2, -0.15) is 0 Å². The Morgan fingerprint density at radius 2 is 0.800 bits per heavy atom. The van der Waals surface area contributed by atoms with E-state index in [-0.39, 0.29) is 11.0 Å². The van der Waals surface area contributed by atoms with E-state index >= 15 is 0 Å². The first-order chi connectivity index (χ1) is 12.1. The minimum atomic E-state index is 0.0313. The lowest BCUT2D eigenvalue weighted by molar-refractivity contribution is 0.244. The lowest BCUT2D eigenvalue weighted by Crippen LogP contribution is -2.35. The van der Waals surface area contributed by atoms with E-state index in [1.165, 1.54) is 103 Å². The Kier molecular flexibility index (Phi) is 19.7. The summed E-state index contributed by atoms with van der Waals surface area (Å²) in [4.78, 5) is 2.16. The highest BCUT2D eigenvalue weighted by molar-refractivity contribution is 6.22. The molecule has 0 radical (unpaired) electrons. The normalized spacial score (nSPS) is 14.2. The number of nitrogens with zero attached hydrogens (tertiary/aromatic N) is 1. The molecule has 0 aromatic heterocycles. The fourth-order valence-electron chi connectivity index (χ4n) is 3.48. The van der Waals surface area contributed by atoms with Gasteiger partial charge in [-0.3, -0.25) is 4.90 Å². The van der Waals surface area contributed by atoms with Crippen molar-refractivity contribution in [2.75, 3.05) is 6.54 Å². The van der Waals surface area contributed by atoms with Crippen LogP contribution in [0.2, 0.25) is 0 Å². The first-order valence-corrected chi connectivity index (χ1v) is 12.0. The van der Waals surface area contributed by atoms with E-state index in [0.29, 0.717) is 0 Å². The van der Waals surface area contributed by atoms with Gasteiger partial charge in [0.15, 0.2) is 0 Å². The summed E-state index contributed by atoms with van der Waals surface area (Å²) in [6, 6.07) is 0. The summed E-state index contributed by atoms with van der Waals surface area (Å²) >= 11 is 12.3. The van der Waals surface area contributed by atoms with Crippen LogP contribution in [0.15, 0.2) is 0 Å². The summed E-state index contributed by atoms with van der Waals surface area (Å²) in [5.74, 6) is 0. The summed E-state index contributed by atoms with van der Waals surface area (Å²) < 4.78 is 0. The second-order valence-electron chi connectivity index (χ2n) is 7.69. The van der Waals surface area contributed by atoms with E-state index in [1.54, 1.807) is 0 Å². The third-order valence-electron chi connectivity index (χ3n) is 5.18. The van der Waals surface area contributed by atoms with Crippen molar-refractivity contribution in [2.24, 2.45) is 0 Å². The molecule has 0 rings (SSSR count). The summed E-state index contributed by atoms with van der Waals surface area (Å²) in [5, 5.41) is 0. The Balaban J connectivity index is 3.19. The Hall–Kier alpha value is 0.540. The number of hydrogen-bond acceptors (Lipinski definition) is 1. The maximum absolute atomic E-state index is 6.15. The fourth-order valence-corrected chi connectivity index (χ4v) is 4.07. The predicted octanol–water partition coefficient (Wildman–Crippen LogP) is 8.72. The molecule has 0 heterocycles. The van der Waals surface area contributed by atoms with Gasteiger partial charge in [0.1, 0.15) is 0 Å². The van der Waals surface area contributed by atoms with E-state index in [4.69, 9.17) is 23.2 Å². The van der Waals surface area contributed by atoms with Crippen molar-refractivity contribution in [3.05, 3.63) is 0 Å². The highest BCUT2D eigenvalue weighted by atomic mass is 35.5. The number of alkyl halides is 2. The molecule has 0 bridgehead atoms. The molecule has 0 aromatic carbocycles. The fraction of sp³-hybridized carbons (Fsp3) is 1.00. The van der Waals surface area contributed by atoms with Crippen LogP contribution in [0.1, 0.15) is 124 Å². The van der Waals surface area contributed by atoms with Crippen LogP contribution in [0.3, 0.4) is 0 Å². The van der Waals surface area contributed by atoms with Crippen molar-refractivity contribution in [1.29, 1.82) is 0 Å². The molecule has 2 unspecified atom stereocenters. The van der Waals surface area contributed by atoms with Gasteiger partial charge >= 0.3 is 0 Å². The summed E-state index contributed by atoms with van der Waals surface area (Å²) in [6.07, 6.45) is 22.5. The van der Waals surface area contributed by atoms with Crippen LogP contribution < -0.4 is 0 Å². The Morgan fingerprint density at radius 3 is 1.08 bits per heavy atom. The van der Waals surface area contributed by atoms with Crippen molar-refractivity contribution >= 4 is 23.2 Å². The van der Waals surface area contributed by atoms with Crippen LogP contribution >= 0.6 is 23.2 Å². The van der Waals surface area contributed by atoms with Gasteiger partial charge in [0.05, 0.1) is 11.0 Å². The highest BCUT2D eigenvalue weighted by Gasteiger charge is 2.15. The lowest BCUT2D eigenvalue weighted by Gasteiger charge is -2.27. The topological polar surface area (TPSA) is 3.24 Å². The molecule has 152 valence electrons. The molecule has 0 N–H and O–H groups in total. The van der Waals surface area contributed by atoms with Crippen LogP contribution in [0.25, 0.3) is 0 Å². The smallest absolute Gasteiger partial charge is 0.0833 e.